The highest BCUT2D eigenvalue weighted by Gasteiger charge is 2.19. The maximum absolute atomic E-state index is 12.3. The maximum atomic E-state index is 12.3. The molecule has 27 heavy (non-hydrogen) atoms. The molecule has 1 unspecified atom stereocenters. The van der Waals surface area contributed by atoms with Gasteiger partial charge in [0.2, 0.25) is 0 Å². The molecule has 1 atom stereocenters. The van der Waals surface area contributed by atoms with E-state index in [0.717, 1.165) is 44.2 Å². The molecule has 0 bridgehead atoms. The van der Waals surface area contributed by atoms with Gasteiger partial charge >= 0.3 is 0 Å². The summed E-state index contributed by atoms with van der Waals surface area (Å²) in [6, 6.07) is 14.3. The molecule has 1 saturated heterocycles. The second kappa shape index (κ2) is 10.6. The van der Waals surface area contributed by atoms with Crippen LogP contribution >= 0.6 is 11.3 Å². The maximum Gasteiger partial charge on any atom is 0.193 e. The van der Waals surface area contributed by atoms with E-state index in [9.17, 15) is 4.21 Å². The van der Waals surface area contributed by atoms with Crippen LogP contribution in [0.3, 0.4) is 0 Å². The van der Waals surface area contributed by atoms with Crippen molar-refractivity contribution in [1.82, 2.24) is 15.1 Å². The van der Waals surface area contributed by atoms with E-state index in [1.54, 1.807) is 0 Å². The van der Waals surface area contributed by atoms with Gasteiger partial charge in [-0.15, -0.1) is 11.3 Å². The summed E-state index contributed by atoms with van der Waals surface area (Å²) in [6.45, 7) is 5.74. The van der Waals surface area contributed by atoms with E-state index < -0.39 is 10.8 Å². The number of thiophene rings is 1. The molecule has 0 spiro atoms. The lowest BCUT2D eigenvalue weighted by Crippen LogP contribution is -2.52. The number of nitrogens with zero attached hydrogens (tertiary/aromatic N) is 3. The van der Waals surface area contributed by atoms with Crippen LogP contribution in [0.25, 0.3) is 0 Å². The third kappa shape index (κ3) is 6.45. The lowest BCUT2D eigenvalue weighted by Gasteiger charge is -2.36. The van der Waals surface area contributed by atoms with Crippen LogP contribution < -0.4 is 5.32 Å². The molecule has 0 saturated carbocycles. The highest BCUT2D eigenvalue weighted by atomic mass is 32.2. The highest BCUT2D eigenvalue weighted by Crippen LogP contribution is 2.13. The Bertz CT molecular complexity index is 726. The van der Waals surface area contributed by atoms with E-state index in [2.05, 4.69) is 37.6 Å². The molecular formula is C20H28N4OS2. The van der Waals surface area contributed by atoms with E-state index in [1.165, 1.54) is 4.88 Å². The Morgan fingerprint density at radius 1 is 1.15 bits per heavy atom. The van der Waals surface area contributed by atoms with Crippen LogP contribution in [0.15, 0.2) is 52.8 Å². The van der Waals surface area contributed by atoms with Crippen molar-refractivity contribution >= 4 is 28.1 Å². The minimum absolute atomic E-state index is 0.614. The van der Waals surface area contributed by atoms with Crippen LogP contribution in [-0.4, -0.2) is 65.5 Å². The Morgan fingerprint density at radius 2 is 1.93 bits per heavy atom. The summed E-state index contributed by atoms with van der Waals surface area (Å²) < 4.78 is 12.3. The molecule has 1 aliphatic rings. The first-order valence-electron chi connectivity index (χ1n) is 9.34. The Kier molecular flexibility index (Phi) is 7.86. The SMILES string of the molecule is CN=C(NCCS(=O)Cc1ccccc1)N1CCN(Cc2cccs2)CC1. The topological polar surface area (TPSA) is 47.9 Å². The van der Waals surface area contributed by atoms with Crippen LogP contribution in [0.1, 0.15) is 10.4 Å². The first-order valence-corrected chi connectivity index (χ1v) is 11.7. The van der Waals surface area contributed by atoms with Crippen LogP contribution in [0.2, 0.25) is 0 Å². The number of aliphatic imine (C=N–C) groups is 1. The standard InChI is InChI=1S/C20H28N4OS2/c1-21-20(22-9-15-27(25)17-18-6-3-2-4-7-18)24-12-10-23(11-13-24)16-19-8-5-14-26-19/h2-8,14H,9-13,15-17H2,1H3,(H,21,22). The van der Waals surface area contributed by atoms with Gasteiger partial charge in [-0.05, 0) is 17.0 Å². The molecule has 1 aliphatic heterocycles. The molecule has 5 nitrogen and oxygen atoms in total. The molecule has 7 heteroatoms. The van der Waals surface area contributed by atoms with Crippen LogP contribution in [0.4, 0.5) is 0 Å². The zero-order valence-electron chi connectivity index (χ0n) is 15.8. The van der Waals surface area contributed by atoms with Gasteiger partial charge in [-0.2, -0.15) is 0 Å². The fourth-order valence-corrected chi connectivity index (χ4v) is 4.97. The van der Waals surface area contributed by atoms with Crippen molar-refractivity contribution in [2.75, 3.05) is 45.5 Å². The second-order valence-corrected chi connectivity index (χ2v) is 9.20. The van der Waals surface area contributed by atoms with E-state index >= 15 is 0 Å². The first-order chi connectivity index (χ1) is 13.2. The number of nitrogens with one attached hydrogen (secondary N) is 1. The summed E-state index contributed by atoms with van der Waals surface area (Å²) in [6.07, 6.45) is 0. The van der Waals surface area contributed by atoms with Gasteiger partial charge in [0, 0.05) is 73.5 Å². The predicted octanol–water partition coefficient (Wildman–Crippen LogP) is 2.39. The molecule has 0 amide bonds. The molecule has 1 aromatic carbocycles. The fraction of sp³-hybridized carbons (Fsp3) is 0.450. The third-order valence-electron chi connectivity index (χ3n) is 4.63. The normalized spacial score (nSPS) is 17.1. The molecule has 1 aromatic heterocycles. The first kappa shape index (κ1) is 20.0. The smallest absolute Gasteiger partial charge is 0.193 e. The third-order valence-corrected chi connectivity index (χ3v) is 6.80. The van der Waals surface area contributed by atoms with Crippen molar-refractivity contribution in [3.8, 4) is 0 Å². The van der Waals surface area contributed by atoms with Crippen molar-refractivity contribution in [2.24, 2.45) is 4.99 Å². The molecule has 3 rings (SSSR count). The van der Waals surface area contributed by atoms with Gasteiger partial charge in [-0.1, -0.05) is 36.4 Å². The molecule has 0 aliphatic carbocycles. The number of rotatable bonds is 7. The van der Waals surface area contributed by atoms with Gasteiger partial charge in [-0.25, -0.2) is 0 Å². The molecule has 2 heterocycles. The van der Waals surface area contributed by atoms with E-state index in [-0.39, 0.29) is 0 Å². The van der Waals surface area contributed by atoms with Gasteiger partial charge in [0.1, 0.15) is 0 Å². The van der Waals surface area contributed by atoms with Gasteiger partial charge < -0.3 is 10.2 Å². The van der Waals surface area contributed by atoms with Crippen molar-refractivity contribution in [1.29, 1.82) is 0 Å². The minimum Gasteiger partial charge on any atom is -0.355 e. The monoisotopic (exact) mass is 404 g/mol. The van der Waals surface area contributed by atoms with Crippen LogP contribution in [-0.2, 0) is 23.1 Å². The molecule has 146 valence electrons. The van der Waals surface area contributed by atoms with Crippen molar-refractivity contribution in [3.05, 3.63) is 58.3 Å². The Labute approximate surface area is 168 Å². The number of piperazine rings is 1. The highest BCUT2D eigenvalue weighted by molar-refractivity contribution is 7.84. The number of hydrogen-bond acceptors (Lipinski definition) is 4. The number of benzene rings is 1. The Hall–Kier alpha value is -1.70. The summed E-state index contributed by atoms with van der Waals surface area (Å²) in [5.74, 6) is 2.16. The van der Waals surface area contributed by atoms with E-state index in [4.69, 9.17) is 0 Å². The second-order valence-electron chi connectivity index (χ2n) is 6.59. The summed E-state index contributed by atoms with van der Waals surface area (Å²) >= 11 is 1.82. The molecule has 1 fully saturated rings. The zero-order chi connectivity index (χ0) is 18.9. The molecule has 2 aromatic rings. The van der Waals surface area contributed by atoms with Crippen molar-refractivity contribution in [2.45, 2.75) is 12.3 Å². The van der Waals surface area contributed by atoms with E-state index in [0.29, 0.717) is 18.1 Å². The molecule has 0 radical (unpaired) electrons. The van der Waals surface area contributed by atoms with Gasteiger partial charge in [-0.3, -0.25) is 14.1 Å². The molecule has 1 N–H and O–H groups in total. The Balaban J connectivity index is 1.37. The predicted molar refractivity (Wildman–Crippen MR) is 116 cm³/mol. The summed E-state index contributed by atoms with van der Waals surface area (Å²) in [4.78, 5) is 10.6. The van der Waals surface area contributed by atoms with Gasteiger partial charge in [0.25, 0.3) is 0 Å². The average molecular weight is 405 g/mol. The minimum atomic E-state index is -0.862. The van der Waals surface area contributed by atoms with Gasteiger partial charge in [0.15, 0.2) is 5.96 Å². The summed E-state index contributed by atoms with van der Waals surface area (Å²) in [5, 5.41) is 5.52. The van der Waals surface area contributed by atoms with Gasteiger partial charge in [0.05, 0.1) is 0 Å². The van der Waals surface area contributed by atoms with Crippen LogP contribution in [0, 0.1) is 0 Å². The average Bonchev–Trinajstić information content (AvgIpc) is 3.20. The quantitative estimate of drug-likeness (QED) is 0.569. The lowest BCUT2D eigenvalue weighted by molar-refractivity contribution is 0.174. The van der Waals surface area contributed by atoms with E-state index in [1.807, 2.05) is 48.7 Å². The number of hydrogen-bond donors (Lipinski definition) is 1. The summed E-state index contributed by atoms with van der Waals surface area (Å²) in [5.41, 5.74) is 1.13. The van der Waals surface area contributed by atoms with Crippen LogP contribution in [0.5, 0.6) is 0 Å². The fourth-order valence-electron chi connectivity index (χ4n) is 3.18. The lowest BCUT2D eigenvalue weighted by atomic mass is 10.2. The Morgan fingerprint density at radius 3 is 2.59 bits per heavy atom. The summed E-state index contributed by atoms with van der Waals surface area (Å²) in [7, 11) is 0.959. The van der Waals surface area contributed by atoms with Crippen molar-refractivity contribution in [3.63, 3.8) is 0 Å². The largest absolute Gasteiger partial charge is 0.355 e. The zero-order valence-corrected chi connectivity index (χ0v) is 17.5. The van der Waals surface area contributed by atoms with Crippen molar-refractivity contribution < 1.29 is 4.21 Å². The molecular weight excluding hydrogens is 376 g/mol. The number of guanidine groups is 1.